The maximum atomic E-state index is 9.46. The summed E-state index contributed by atoms with van der Waals surface area (Å²) < 4.78 is 0. The van der Waals surface area contributed by atoms with Crippen molar-refractivity contribution in [2.45, 2.75) is 25.5 Å². The minimum Gasteiger partial charge on any atom is -0.508 e. The first-order valence-corrected chi connectivity index (χ1v) is 4.44. The van der Waals surface area contributed by atoms with E-state index in [1.807, 2.05) is 6.07 Å². The predicted molar refractivity (Wildman–Crippen MR) is 49.3 cm³/mol. The lowest BCUT2D eigenvalue weighted by Gasteiger charge is -2.09. The molecule has 3 nitrogen and oxygen atoms in total. The summed E-state index contributed by atoms with van der Waals surface area (Å²) in [6.45, 7) is -0.109. The highest BCUT2D eigenvalue weighted by molar-refractivity contribution is 5.47. The number of aromatic hydroxyl groups is 1. The summed E-state index contributed by atoms with van der Waals surface area (Å²) in [4.78, 5) is 0. The van der Waals surface area contributed by atoms with Gasteiger partial charge in [0.05, 0.1) is 6.61 Å². The average molecular weight is 179 g/mol. The van der Waals surface area contributed by atoms with Gasteiger partial charge in [-0.15, -0.1) is 0 Å². The van der Waals surface area contributed by atoms with Crippen LogP contribution in [0.15, 0.2) is 12.1 Å². The van der Waals surface area contributed by atoms with Crippen LogP contribution >= 0.6 is 0 Å². The fraction of sp³-hybridized carbons (Fsp3) is 0.400. The van der Waals surface area contributed by atoms with Gasteiger partial charge in [-0.1, -0.05) is 6.07 Å². The Labute approximate surface area is 76.8 Å². The third kappa shape index (κ3) is 1.20. The highest BCUT2D eigenvalue weighted by Gasteiger charge is 2.22. The van der Waals surface area contributed by atoms with E-state index in [4.69, 9.17) is 10.8 Å². The molecular weight excluding hydrogens is 166 g/mol. The Balaban J connectivity index is 2.57. The van der Waals surface area contributed by atoms with E-state index in [0.717, 1.165) is 24.0 Å². The SMILES string of the molecule is NC1CCc2c1ccc(O)c2CO. The molecule has 1 aromatic carbocycles. The van der Waals surface area contributed by atoms with Crippen LogP contribution in [0.3, 0.4) is 0 Å². The first-order valence-electron chi connectivity index (χ1n) is 4.44. The van der Waals surface area contributed by atoms with E-state index in [1.165, 1.54) is 0 Å². The lowest BCUT2D eigenvalue weighted by atomic mass is 10.0. The van der Waals surface area contributed by atoms with Crippen LogP contribution in [-0.2, 0) is 13.0 Å². The number of rotatable bonds is 1. The summed E-state index contributed by atoms with van der Waals surface area (Å²) >= 11 is 0. The summed E-state index contributed by atoms with van der Waals surface area (Å²) in [5, 5.41) is 18.5. The zero-order chi connectivity index (χ0) is 9.42. The summed E-state index contributed by atoms with van der Waals surface area (Å²) in [5.74, 6) is 0.176. The Morgan fingerprint density at radius 3 is 2.92 bits per heavy atom. The van der Waals surface area contributed by atoms with Crippen molar-refractivity contribution in [3.63, 3.8) is 0 Å². The van der Waals surface area contributed by atoms with Crippen LogP contribution in [0.2, 0.25) is 0 Å². The Morgan fingerprint density at radius 1 is 1.46 bits per heavy atom. The van der Waals surface area contributed by atoms with Gasteiger partial charge in [0.25, 0.3) is 0 Å². The third-order valence-electron chi connectivity index (χ3n) is 2.71. The van der Waals surface area contributed by atoms with Crippen molar-refractivity contribution >= 4 is 0 Å². The monoisotopic (exact) mass is 179 g/mol. The van der Waals surface area contributed by atoms with Gasteiger partial charge in [0, 0.05) is 11.6 Å². The molecule has 0 saturated heterocycles. The van der Waals surface area contributed by atoms with Crippen molar-refractivity contribution in [1.29, 1.82) is 0 Å². The van der Waals surface area contributed by atoms with Gasteiger partial charge in [0.2, 0.25) is 0 Å². The standard InChI is InChI=1S/C10H13NO2/c11-9-3-1-6-7(9)2-4-10(13)8(6)5-12/h2,4,9,12-13H,1,3,5,11H2. The van der Waals surface area contributed by atoms with Crippen LogP contribution in [-0.4, -0.2) is 10.2 Å². The summed E-state index contributed by atoms with van der Waals surface area (Å²) in [6.07, 6.45) is 1.77. The number of benzene rings is 1. The van der Waals surface area contributed by atoms with Gasteiger partial charge in [-0.05, 0) is 30.0 Å². The van der Waals surface area contributed by atoms with Gasteiger partial charge in [0.15, 0.2) is 0 Å². The number of aliphatic hydroxyl groups is 1. The molecule has 4 N–H and O–H groups in total. The molecule has 0 amide bonds. The van der Waals surface area contributed by atoms with Crippen molar-refractivity contribution in [2.24, 2.45) is 5.73 Å². The number of hydrogen-bond donors (Lipinski definition) is 3. The van der Waals surface area contributed by atoms with Crippen molar-refractivity contribution in [2.75, 3.05) is 0 Å². The van der Waals surface area contributed by atoms with Crippen molar-refractivity contribution < 1.29 is 10.2 Å². The van der Waals surface area contributed by atoms with Gasteiger partial charge in [-0.25, -0.2) is 0 Å². The molecule has 0 aromatic heterocycles. The molecule has 3 heteroatoms. The van der Waals surface area contributed by atoms with Crippen LogP contribution in [0.1, 0.15) is 29.2 Å². The molecule has 1 unspecified atom stereocenters. The zero-order valence-electron chi connectivity index (χ0n) is 7.33. The summed E-state index contributed by atoms with van der Waals surface area (Å²) in [7, 11) is 0. The lowest BCUT2D eigenvalue weighted by molar-refractivity contribution is 0.274. The molecule has 0 saturated carbocycles. The Hall–Kier alpha value is -1.06. The second-order valence-corrected chi connectivity index (χ2v) is 3.43. The molecule has 0 heterocycles. The fourth-order valence-electron chi connectivity index (χ4n) is 1.97. The van der Waals surface area contributed by atoms with Crippen molar-refractivity contribution in [1.82, 2.24) is 0 Å². The van der Waals surface area contributed by atoms with E-state index >= 15 is 0 Å². The minimum atomic E-state index is -0.109. The normalized spacial score (nSPS) is 20.3. The summed E-state index contributed by atoms with van der Waals surface area (Å²) in [5.41, 5.74) is 8.61. The van der Waals surface area contributed by atoms with Gasteiger partial charge in [-0.3, -0.25) is 0 Å². The number of nitrogens with two attached hydrogens (primary N) is 1. The number of aliphatic hydroxyl groups excluding tert-OH is 1. The molecule has 1 aliphatic rings. The van der Waals surface area contributed by atoms with Crippen molar-refractivity contribution in [3.05, 3.63) is 28.8 Å². The topological polar surface area (TPSA) is 66.5 Å². The maximum Gasteiger partial charge on any atom is 0.121 e. The largest absolute Gasteiger partial charge is 0.508 e. The molecular formula is C10H13NO2. The molecule has 0 radical (unpaired) electrons. The number of phenols is 1. The van der Waals surface area contributed by atoms with Crippen LogP contribution in [0.4, 0.5) is 0 Å². The molecule has 0 spiro atoms. The highest BCUT2D eigenvalue weighted by Crippen LogP contribution is 2.35. The maximum absolute atomic E-state index is 9.46. The van der Waals surface area contributed by atoms with E-state index in [1.54, 1.807) is 6.07 Å². The molecule has 70 valence electrons. The molecule has 1 aromatic rings. The van der Waals surface area contributed by atoms with Gasteiger partial charge >= 0.3 is 0 Å². The van der Waals surface area contributed by atoms with Crippen LogP contribution in [0.5, 0.6) is 5.75 Å². The van der Waals surface area contributed by atoms with Gasteiger partial charge < -0.3 is 15.9 Å². The molecule has 0 bridgehead atoms. The smallest absolute Gasteiger partial charge is 0.121 e. The molecule has 1 atom stereocenters. The first-order chi connectivity index (χ1) is 6.24. The van der Waals surface area contributed by atoms with E-state index in [2.05, 4.69) is 0 Å². The first kappa shape index (κ1) is 8.53. The quantitative estimate of drug-likeness (QED) is 0.598. The van der Waals surface area contributed by atoms with E-state index in [0.29, 0.717) is 5.56 Å². The summed E-state index contributed by atoms with van der Waals surface area (Å²) in [6, 6.07) is 3.53. The van der Waals surface area contributed by atoms with E-state index in [9.17, 15) is 5.11 Å². The Morgan fingerprint density at radius 2 is 2.23 bits per heavy atom. The molecule has 2 rings (SSSR count). The predicted octanol–water partition coefficient (Wildman–Crippen LogP) is 0.831. The third-order valence-corrected chi connectivity index (χ3v) is 2.71. The Kier molecular flexibility index (Phi) is 1.98. The molecule has 13 heavy (non-hydrogen) atoms. The minimum absolute atomic E-state index is 0.0703. The second-order valence-electron chi connectivity index (χ2n) is 3.43. The molecule has 0 fully saturated rings. The average Bonchev–Trinajstić information content (AvgIpc) is 2.48. The van der Waals surface area contributed by atoms with Crippen LogP contribution in [0, 0.1) is 0 Å². The van der Waals surface area contributed by atoms with Gasteiger partial charge in [-0.2, -0.15) is 0 Å². The van der Waals surface area contributed by atoms with Gasteiger partial charge in [0.1, 0.15) is 5.75 Å². The molecule has 1 aliphatic carbocycles. The number of fused-ring (bicyclic) bond motifs is 1. The fourth-order valence-corrected chi connectivity index (χ4v) is 1.97. The Bertz CT molecular complexity index is 336. The number of hydrogen-bond acceptors (Lipinski definition) is 3. The molecule has 0 aliphatic heterocycles. The lowest BCUT2D eigenvalue weighted by Crippen LogP contribution is -2.05. The second kappa shape index (κ2) is 3.01. The van der Waals surface area contributed by atoms with E-state index in [-0.39, 0.29) is 18.4 Å². The van der Waals surface area contributed by atoms with Crippen LogP contribution < -0.4 is 5.73 Å². The van der Waals surface area contributed by atoms with Crippen molar-refractivity contribution in [3.8, 4) is 5.75 Å². The van der Waals surface area contributed by atoms with E-state index < -0.39 is 0 Å². The highest BCUT2D eigenvalue weighted by atomic mass is 16.3. The zero-order valence-corrected chi connectivity index (χ0v) is 7.33. The van der Waals surface area contributed by atoms with Crippen LogP contribution in [0.25, 0.3) is 0 Å².